The second kappa shape index (κ2) is 4.47. The zero-order valence-electron chi connectivity index (χ0n) is 8.53. The molecule has 0 atom stereocenters. The van der Waals surface area contributed by atoms with Crippen molar-refractivity contribution in [2.75, 3.05) is 13.2 Å². The fraction of sp³-hybridized carbons (Fsp3) is 0.500. The van der Waals surface area contributed by atoms with Crippen molar-refractivity contribution in [1.82, 2.24) is 0 Å². The van der Waals surface area contributed by atoms with E-state index in [0.717, 1.165) is 5.75 Å². The van der Waals surface area contributed by atoms with Crippen LogP contribution in [0.15, 0.2) is 24.3 Å². The zero-order valence-corrected chi connectivity index (χ0v) is 8.53. The van der Waals surface area contributed by atoms with E-state index in [1.807, 2.05) is 18.2 Å². The Balaban J connectivity index is 1.68. The highest BCUT2D eigenvalue weighted by atomic mass is 16.5. The predicted octanol–water partition coefficient (Wildman–Crippen LogP) is 2.55. The molecule has 14 heavy (non-hydrogen) atoms. The average Bonchev–Trinajstić information content (AvgIpc) is 2.96. The Bertz CT molecular complexity index is 292. The summed E-state index contributed by atoms with van der Waals surface area (Å²) >= 11 is 0. The SMILES string of the molecule is Cc1cccc(OCCOC2CC2)c1. The summed E-state index contributed by atoms with van der Waals surface area (Å²) in [5, 5.41) is 0. The largest absolute Gasteiger partial charge is 0.491 e. The number of hydrogen-bond donors (Lipinski definition) is 0. The summed E-state index contributed by atoms with van der Waals surface area (Å²) < 4.78 is 11.0. The molecule has 1 aliphatic rings. The van der Waals surface area contributed by atoms with Gasteiger partial charge in [-0.05, 0) is 37.5 Å². The lowest BCUT2D eigenvalue weighted by atomic mass is 10.2. The van der Waals surface area contributed by atoms with Crippen molar-refractivity contribution in [1.29, 1.82) is 0 Å². The first-order chi connectivity index (χ1) is 6.84. The Kier molecular flexibility index (Phi) is 3.04. The molecule has 0 N–H and O–H groups in total. The highest BCUT2D eigenvalue weighted by molar-refractivity contribution is 5.27. The lowest BCUT2D eigenvalue weighted by molar-refractivity contribution is 0.0881. The van der Waals surface area contributed by atoms with Crippen LogP contribution in [0.5, 0.6) is 5.75 Å². The van der Waals surface area contributed by atoms with E-state index in [4.69, 9.17) is 9.47 Å². The topological polar surface area (TPSA) is 18.5 Å². The second-order valence-corrected chi connectivity index (χ2v) is 3.74. The Hall–Kier alpha value is -1.02. The zero-order chi connectivity index (χ0) is 9.80. The quantitative estimate of drug-likeness (QED) is 0.667. The molecular weight excluding hydrogens is 176 g/mol. The van der Waals surface area contributed by atoms with Gasteiger partial charge in [0.2, 0.25) is 0 Å². The van der Waals surface area contributed by atoms with Crippen molar-refractivity contribution in [2.24, 2.45) is 0 Å². The van der Waals surface area contributed by atoms with Gasteiger partial charge in [-0.25, -0.2) is 0 Å². The van der Waals surface area contributed by atoms with E-state index in [2.05, 4.69) is 13.0 Å². The second-order valence-electron chi connectivity index (χ2n) is 3.74. The van der Waals surface area contributed by atoms with Gasteiger partial charge >= 0.3 is 0 Å². The van der Waals surface area contributed by atoms with E-state index >= 15 is 0 Å². The number of aryl methyl sites for hydroxylation is 1. The summed E-state index contributed by atoms with van der Waals surface area (Å²) in [5.41, 5.74) is 1.23. The van der Waals surface area contributed by atoms with Crippen LogP contribution >= 0.6 is 0 Å². The summed E-state index contributed by atoms with van der Waals surface area (Å²) in [6.07, 6.45) is 2.98. The van der Waals surface area contributed by atoms with Crippen LogP contribution in [-0.4, -0.2) is 19.3 Å². The van der Waals surface area contributed by atoms with Crippen molar-refractivity contribution < 1.29 is 9.47 Å². The van der Waals surface area contributed by atoms with Crippen LogP contribution in [0.2, 0.25) is 0 Å². The van der Waals surface area contributed by atoms with Crippen molar-refractivity contribution in [2.45, 2.75) is 25.9 Å². The molecular formula is C12H16O2. The standard InChI is InChI=1S/C12H16O2/c1-10-3-2-4-12(9-10)14-8-7-13-11-5-6-11/h2-4,9,11H,5-8H2,1H3. The summed E-state index contributed by atoms with van der Waals surface area (Å²) in [5.74, 6) is 0.935. The van der Waals surface area contributed by atoms with Crippen LogP contribution in [0.3, 0.4) is 0 Å². The molecule has 0 spiro atoms. The van der Waals surface area contributed by atoms with E-state index in [-0.39, 0.29) is 0 Å². The van der Waals surface area contributed by atoms with E-state index in [1.165, 1.54) is 18.4 Å². The minimum atomic E-state index is 0.524. The first kappa shape index (κ1) is 9.53. The summed E-state index contributed by atoms with van der Waals surface area (Å²) in [4.78, 5) is 0. The molecule has 1 aliphatic carbocycles. The molecule has 1 aromatic carbocycles. The van der Waals surface area contributed by atoms with Gasteiger partial charge in [0.15, 0.2) is 0 Å². The molecule has 76 valence electrons. The van der Waals surface area contributed by atoms with Gasteiger partial charge in [-0.2, -0.15) is 0 Å². The minimum absolute atomic E-state index is 0.524. The molecule has 0 aromatic heterocycles. The Morgan fingerprint density at radius 3 is 2.86 bits per heavy atom. The Labute approximate surface area is 84.8 Å². The predicted molar refractivity (Wildman–Crippen MR) is 55.6 cm³/mol. The summed E-state index contributed by atoms with van der Waals surface area (Å²) in [7, 11) is 0. The van der Waals surface area contributed by atoms with Crippen molar-refractivity contribution in [3.63, 3.8) is 0 Å². The van der Waals surface area contributed by atoms with Gasteiger partial charge in [-0.3, -0.25) is 0 Å². The van der Waals surface area contributed by atoms with Crippen LogP contribution < -0.4 is 4.74 Å². The van der Waals surface area contributed by atoms with Gasteiger partial charge in [0.05, 0.1) is 12.7 Å². The van der Waals surface area contributed by atoms with Crippen molar-refractivity contribution in [3.8, 4) is 5.75 Å². The Morgan fingerprint density at radius 2 is 2.14 bits per heavy atom. The molecule has 0 bridgehead atoms. The maximum Gasteiger partial charge on any atom is 0.119 e. The molecule has 0 saturated heterocycles. The third kappa shape index (κ3) is 3.04. The molecule has 2 rings (SSSR count). The molecule has 2 nitrogen and oxygen atoms in total. The first-order valence-corrected chi connectivity index (χ1v) is 5.16. The highest BCUT2D eigenvalue weighted by Gasteiger charge is 2.21. The van der Waals surface area contributed by atoms with Crippen LogP contribution in [0, 0.1) is 6.92 Å². The van der Waals surface area contributed by atoms with Gasteiger partial charge in [-0.1, -0.05) is 12.1 Å². The van der Waals surface area contributed by atoms with Gasteiger partial charge in [0, 0.05) is 0 Å². The number of hydrogen-bond acceptors (Lipinski definition) is 2. The highest BCUT2D eigenvalue weighted by Crippen LogP contribution is 2.23. The molecule has 0 heterocycles. The normalized spacial score (nSPS) is 15.5. The number of ether oxygens (including phenoxy) is 2. The molecule has 1 saturated carbocycles. The van der Waals surface area contributed by atoms with Gasteiger partial charge in [0.1, 0.15) is 12.4 Å². The van der Waals surface area contributed by atoms with Gasteiger partial charge < -0.3 is 9.47 Å². The smallest absolute Gasteiger partial charge is 0.119 e. The molecule has 0 amide bonds. The lowest BCUT2D eigenvalue weighted by Crippen LogP contribution is -2.07. The Morgan fingerprint density at radius 1 is 1.29 bits per heavy atom. The average molecular weight is 192 g/mol. The van der Waals surface area contributed by atoms with Crippen LogP contribution in [0.25, 0.3) is 0 Å². The maximum absolute atomic E-state index is 5.54. The summed E-state index contributed by atoms with van der Waals surface area (Å²) in [6, 6.07) is 8.08. The lowest BCUT2D eigenvalue weighted by Gasteiger charge is -2.06. The van der Waals surface area contributed by atoms with Crippen molar-refractivity contribution >= 4 is 0 Å². The van der Waals surface area contributed by atoms with Crippen LogP contribution in [0.4, 0.5) is 0 Å². The third-order valence-electron chi connectivity index (χ3n) is 2.22. The van der Waals surface area contributed by atoms with Gasteiger partial charge in [0.25, 0.3) is 0 Å². The molecule has 1 fully saturated rings. The molecule has 1 aromatic rings. The minimum Gasteiger partial charge on any atom is -0.491 e. The number of rotatable bonds is 5. The van der Waals surface area contributed by atoms with E-state index < -0.39 is 0 Å². The van der Waals surface area contributed by atoms with Gasteiger partial charge in [-0.15, -0.1) is 0 Å². The van der Waals surface area contributed by atoms with E-state index in [9.17, 15) is 0 Å². The van der Waals surface area contributed by atoms with Crippen molar-refractivity contribution in [3.05, 3.63) is 29.8 Å². The number of benzene rings is 1. The molecule has 0 unspecified atom stereocenters. The fourth-order valence-electron chi connectivity index (χ4n) is 1.31. The fourth-order valence-corrected chi connectivity index (χ4v) is 1.31. The summed E-state index contributed by atoms with van der Waals surface area (Å²) in [6.45, 7) is 3.42. The van der Waals surface area contributed by atoms with Crippen LogP contribution in [-0.2, 0) is 4.74 Å². The third-order valence-corrected chi connectivity index (χ3v) is 2.22. The molecule has 0 radical (unpaired) electrons. The maximum atomic E-state index is 5.54. The van der Waals surface area contributed by atoms with Crippen LogP contribution in [0.1, 0.15) is 18.4 Å². The first-order valence-electron chi connectivity index (χ1n) is 5.16. The van der Waals surface area contributed by atoms with E-state index in [1.54, 1.807) is 0 Å². The molecule has 2 heteroatoms. The monoisotopic (exact) mass is 192 g/mol. The van der Waals surface area contributed by atoms with E-state index in [0.29, 0.717) is 19.3 Å². The molecule has 0 aliphatic heterocycles.